The molecule has 0 saturated carbocycles. The minimum atomic E-state index is -4.72. The molecule has 140 valence electrons. The van der Waals surface area contributed by atoms with Gasteiger partial charge in [-0.2, -0.15) is 18.4 Å². The molecule has 1 aromatic carbocycles. The summed E-state index contributed by atoms with van der Waals surface area (Å²) in [4.78, 5) is 20.5. The first kappa shape index (κ1) is 19.1. The molecule has 0 aliphatic rings. The van der Waals surface area contributed by atoms with Gasteiger partial charge >= 0.3 is 6.18 Å². The molecule has 0 bridgehead atoms. The van der Waals surface area contributed by atoms with Crippen LogP contribution in [-0.4, -0.2) is 19.1 Å². The molecule has 6 nitrogen and oxygen atoms in total. The molecular weight excluding hydrogens is 427 g/mol. The van der Waals surface area contributed by atoms with Crippen molar-refractivity contribution in [2.75, 3.05) is 0 Å². The van der Waals surface area contributed by atoms with Crippen LogP contribution in [-0.2, 0) is 12.7 Å². The predicted octanol–water partition coefficient (Wildman–Crippen LogP) is 3.88. The first-order valence-corrected chi connectivity index (χ1v) is 8.68. The van der Waals surface area contributed by atoms with E-state index >= 15 is 0 Å². The van der Waals surface area contributed by atoms with Gasteiger partial charge in [-0.3, -0.25) is 9.36 Å². The Bertz CT molecular complexity index is 1120. The van der Waals surface area contributed by atoms with Gasteiger partial charge in [0.25, 0.3) is 5.56 Å². The zero-order valence-corrected chi connectivity index (χ0v) is 15.8. The third kappa shape index (κ3) is 3.35. The van der Waals surface area contributed by atoms with Crippen LogP contribution >= 0.6 is 15.9 Å². The molecule has 0 unspecified atom stereocenters. The quantitative estimate of drug-likeness (QED) is 0.580. The van der Waals surface area contributed by atoms with E-state index in [4.69, 9.17) is 0 Å². The molecule has 0 N–H and O–H groups in total. The Morgan fingerprint density at radius 1 is 1.26 bits per heavy atom. The van der Waals surface area contributed by atoms with Gasteiger partial charge in [-0.05, 0) is 41.4 Å². The van der Waals surface area contributed by atoms with Crippen molar-refractivity contribution in [2.24, 2.45) is 0 Å². The van der Waals surface area contributed by atoms with Crippen LogP contribution in [0.4, 0.5) is 13.2 Å². The van der Waals surface area contributed by atoms with Crippen molar-refractivity contribution in [2.45, 2.75) is 32.6 Å². The monoisotopic (exact) mass is 439 g/mol. The van der Waals surface area contributed by atoms with Crippen molar-refractivity contribution in [3.63, 3.8) is 0 Å². The van der Waals surface area contributed by atoms with Crippen LogP contribution in [0.5, 0.6) is 0 Å². The lowest BCUT2D eigenvalue weighted by Crippen LogP contribution is -2.24. The number of hydrogen-bond donors (Lipinski definition) is 0. The minimum absolute atomic E-state index is 0.0258. The Balaban J connectivity index is 2.26. The Kier molecular flexibility index (Phi) is 4.82. The van der Waals surface area contributed by atoms with Crippen molar-refractivity contribution in [1.82, 2.24) is 19.1 Å². The van der Waals surface area contributed by atoms with E-state index in [9.17, 15) is 23.2 Å². The van der Waals surface area contributed by atoms with Gasteiger partial charge in [-0.15, -0.1) is 0 Å². The standard InChI is InChI=1S/C17H13BrF3N5O/c1-9(2)26-13-12(23-15(26)17(19,20)21)14(27)25(16(18)24-13)8-11-6-4-3-5-10(11)7-22/h3-6,9H,8H2,1-2H3. The molecule has 0 atom stereocenters. The summed E-state index contributed by atoms with van der Waals surface area (Å²) in [5.74, 6) is -1.17. The van der Waals surface area contributed by atoms with E-state index in [2.05, 4.69) is 25.9 Å². The SMILES string of the molecule is CC(C)n1c(C(F)(F)F)nc2c(=O)n(Cc3ccccc3C#N)c(Br)nc21. The van der Waals surface area contributed by atoms with Crippen LogP contribution in [0, 0.1) is 11.3 Å². The largest absolute Gasteiger partial charge is 0.449 e. The maximum absolute atomic E-state index is 13.4. The number of fused-ring (bicyclic) bond motifs is 1. The van der Waals surface area contributed by atoms with E-state index < -0.39 is 23.6 Å². The molecule has 2 aromatic heterocycles. The highest BCUT2D eigenvalue weighted by Gasteiger charge is 2.39. The summed E-state index contributed by atoms with van der Waals surface area (Å²) in [6, 6.07) is 8.07. The van der Waals surface area contributed by atoms with Crippen LogP contribution in [0.2, 0.25) is 0 Å². The summed E-state index contributed by atoms with van der Waals surface area (Å²) < 4.78 is 42.2. The maximum atomic E-state index is 13.4. The molecule has 0 amide bonds. The molecule has 0 aliphatic carbocycles. The summed E-state index contributed by atoms with van der Waals surface area (Å²) in [7, 11) is 0. The van der Waals surface area contributed by atoms with Gasteiger partial charge < -0.3 is 4.57 Å². The second-order valence-electron chi connectivity index (χ2n) is 6.11. The number of nitrogens with zero attached hydrogens (tertiary/aromatic N) is 5. The molecular formula is C17H13BrF3N5O. The minimum Gasteiger partial charge on any atom is -0.302 e. The Morgan fingerprint density at radius 3 is 2.52 bits per heavy atom. The van der Waals surface area contributed by atoms with Gasteiger partial charge in [0.05, 0.1) is 18.2 Å². The lowest BCUT2D eigenvalue weighted by molar-refractivity contribution is -0.147. The summed E-state index contributed by atoms with van der Waals surface area (Å²) in [6.07, 6.45) is -4.72. The third-order valence-electron chi connectivity index (χ3n) is 3.99. The van der Waals surface area contributed by atoms with Crippen LogP contribution in [0.3, 0.4) is 0 Å². The summed E-state index contributed by atoms with van der Waals surface area (Å²) in [5, 5.41) is 9.19. The summed E-state index contributed by atoms with van der Waals surface area (Å²) >= 11 is 3.16. The molecule has 0 saturated heterocycles. The van der Waals surface area contributed by atoms with Crippen molar-refractivity contribution < 1.29 is 13.2 Å². The van der Waals surface area contributed by atoms with Crippen molar-refractivity contribution >= 4 is 27.1 Å². The zero-order chi connectivity index (χ0) is 19.9. The van der Waals surface area contributed by atoms with E-state index in [0.717, 1.165) is 9.13 Å². The Hall–Kier alpha value is -2.67. The number of halogens is 4. The fourth-order valence-electron chi connectivity index (χ4n) is 2.80. The fraction of sp³-hybridized carbons (Fsp3) is 0.294. The van der Waals surface area contributed by atoms with Gasteiger partial charge in [0, 0.05) is 6.04 Å². The number of imidazole rings is 1. The van der Waals surface area contributed by atoms with E-state index in [1.165, 1.54) is 0 Å². The van der Waals surface area contributed by atoms with Crippen molar-refractivity contribution in [1.29, 1.82) is 5.26 Å². The smallest absolute Gasteiger partial charge is 0.302 e. The molecule has 0 fully saturated rings. The van der Waals surface area contributed by atoms with E-state index in [1.54, 1.807) is 38.1 Å². The van der Waals surface area contributed by atoms with Crippen LogP contribution < -0.4 is 5.56 Å². The predicted molar refractivity (Wildman–Crippen MR) is 95.1 cm³/mol. The number of aromatic nitrogens is 4. The number of hydrogen-bond acceptors (Lipinski definition) is 4. The van der Waals surface area contributed by atoms with Crippen molar-refractivity contribution in [3.05, 3.63) is 56.3 Å². The number of rotatable bonds is 3. The van der Waals surface area contributed by atoms with E-state index in [0.29, 0.717) is 11.1 Å². The molecule has 2 heterocycles. The normalized spacial score (nSPS) is 11.9. The maximum Gasteiger partial charge on any atom is 0.449 e. The summed E-state index contributed by atoms with van der Waals surface area (Å²) in [6.45, 7) is 3.09. The molecule has 0 spiro atoms. The van der Waals surface area contributed by atoms with E-state index in [1.807, 2.05) is 6.07 Å². The molecule has 3 aromatic rings. The zero-order valence-electron chi connectivity index (χ0n) is 14.3. The highest BCUT2D eigenvalue weighted by Crippen LogP contribution is 2.32. The third-order valence-corrected chi connectivity index (χ3v) is 4.60. The van der Waals surface area contributed by atoms with Gasteiger partial charge in [0.2, 0.25) is 5.82 Å². The summed E-state index contributed by atoms with van der Waals surface area (Å²) in [5.41, 5.74) is -0.319. The second-order valence-corrected chi connectivity index (χ2v) is 6.82. The fourth-order valence-corrected chi connectivity index (χ4v) is 3.25. The number of nitriles is 1. The first-order valence-electron chi connectivity index (χ1n) is 7.88. The van der Waals surface area contributed by atoms with E-state index in [-0.39, 0.29) is 22.4 Å². The highest BCUT2D eigenvalue weighted by atomic mass is 79.9. The number of benzene rings is 1. The number of alkyl halides is 3. The van der Waals surface area contributed by atoms with Gasteiger partial charge in [0.1, 0.15) is 0 Å². The van der Waals surface area contributed by atoms with Crippen LogP contribution in [0.15, 0.2) is 33.8 Å². The lowest BCUT2D eigenvalue weighted by Gasteiger charge is -2.14. The first-order chi connectivity index (χ1) is 12.6. The van der Waals surface area contributed by atoms with Crippen LogP contribution in [0.25, 0.3) is 11.2 Å². The molecule has 0 radical (unpaired) electrons. The molecule has 3 rings (SSSR count). The molecule has 10 heteroatoms. The van der Waals surface area contributed by atoms with Crippen LogP contribution in [0.1, 0.15) is 36.8 Å². The van der Waals surface area contributed by atoms with Gasteiger partial charge in [0.15, 0.2) is 15.9 Å². The Labute approximate surface area is 160 Å². The molecule has 0 aliphatic heterocycles. The van der Waals surface area contributed by atoms with Gasteiger partial charge in [-0.1, -0.05) is 18.2 Å². The average Bonchev–Trinajstić information content (AvgIpc) is 2.99. The lowest BCUT2D eigenvalue weighted by atomic mass is 10.1. The topological polar surface area (TPSA) is 76.5 Å². The highest BCUT2D eigenvalue weighted by molar-refractivity contribution is 9.10. The second kappa shape index (κ2) is 6.81. The average molecular weight is 440 g/mol. The van der Waals surface area contributed by atoms with Crippen molar-refractivity contribution in [3.8, 4) is 6.07 Å². The van der Waals surface area contributed by atoms with Gasteiger partial charge in [-0.25, -0.2) is 9.97 Å². The Morgan fingerprint density at radius 2 is 1.93 bits per heavy atom. The molecule has 27 heavy (non-hydrogen) atoms.